The van der Waals surface area contributed by atoms with E-state index in [0.29, 0.717) is 0 Å². The van der Waals surface area contributed by atoms with Crippen LogP contribution in [0.5, 0.6) is 0 Å². The molecule has 0 radical (unpaired) electrons. The first kappa shape index (κ1) is 25.7. The van der Waals surface area contributed by atoms with Crippen molar-refractivity contribution in [3.05, 3.63) is 108 Å². The molecule has 34 heavy (non-hydrogen) atoms. The molecular formula is C30H39N3O. The van der Waals surface area contributed by atoms with Gasteiger partial charge in [0.15, 0.2) is 0 Å². The number of rotatable bonds is 12. The fraction of sp³-hybridized carbons (Fsp3) is 0.367. The van der Waals surface area contributed by atoms with E-state index in [1.54, 1.807) is 0 Å². The molecule has 4 nitrogen and oxygen atoms in total. The number of hydrogen-bond donors (Lipinski definition) is 0. The summed E-state index contributed by atoms with van der Waals surface area (Å²) in [4.78, 5) is 20.8. The third-order valence-corrected chi connectivity index (χ3v) is 6.69. The van der Waals surface area contributed by atoms with Crippen molar-refractivity contribution >= 4 is 5.91 Å². The maximum Gasteiger partial charge on any atom is 0.234 e. The molecule has 0 aromatic heterocycles. The lowest BCUT2D eigenvalue weighted by Gasteiger charge is -2.35. The van der Waals surface area contributed by atoms with E-state index < -0.39 is 0 Å². The van der Waals surface area contributed by atoms with Crippen LogP contribution in [0.1, 0.15) is 42.5 Å². The van der Waals surface area contributed by atoms with Crippen LogP contribution in [-0.2, 0) is 4.79 Å². The molecule has 3 rings (SSSR count). The molecule has 4 heteroatoms. The van der Waals surface area contributed by atoms with E-state index in [1.165, 1.54) is 0 Å². The summed E-state index contributed by atoms with van der Waals surface area (Å²) in [7, 11) is 4.11. The summed E-state index contributed by atoms with van der Waals surface area (Å²) in [5.74, 6) is -0.219. The van der Waals surface area contributed by atoms with Gasteiger partial charge in [-0.15, -0.1) is 0 Å². The van der Waals surface area contributed by atoms with Gasteiger partial charge in [-0.3, -0.25) is 4.79 Å². The summed E-state index contributed by atoms with van der Waals surface area (Å²) in [6.45, 7) is 9.30. The average Bonchev–Trinajstić information content (AvgIpc) is 2.89. The SMILES string of the molecule is CCN(CC)CCN(C)C[C@H](c1ccccc1)N(C)C(=O)C(c1ccccc1)c1ccccc1. The summed E-state index contributed by atoms with van der Waals surface area (Å²) >= 11 is 0. The predicted octanol–water partition coefficient (Wildman–Crippen LogP) is 5.29. The Balaban J connectivity index is 1.88. The summed E-state index contributed by atoms with van der Waals surface area (Å²) in [5, 5.41) is 0. The molecule has 1 atom stereocenters. The summed E-state index contributed by atoms with van der Waals surface area (Å²) in [6, 6.07) is 30.6. The van der Waals surface area contributed by atoms with E-state index in [0.717, 1.165) is 49.4 Å². The second-order valence-electron chi connectivity index (χ2n) is 8.92. The average molecular weight is 458 g/mol. The minimum absolute atomic E-state index is 0.0367. The Hall–Kier alpha value is -2.95. The number of hydrogen-bond acceptors (Lipinski definition) is 3. The zero-order valence-corrected chi connectivity index (χ0v) is 21.1. The van der Waals surface area contributed by atoms with Gasteiger partial charge in [0, 0.05) is 26.7 Å². The first-order valence-corrected chi connectivity index (χ1v) is 12.4. The Morgan fingerprint density at radius 3 is 1.56 bits per heavy atom. The number of amides is 1. The molecule has 0 unspecified atom stereocenters. The van der Waals surface area contributed by atoms with Crippen molar-refractivity contribution in [2.75, 3.05) is 46.8 Å². The zero-order chi connectivity index (χ0) is 24.3. The van der Waals surface area contributed by atoms with Crippen molar-refractivity contribution in [2.45, 2.75) is 25.8 Å². The van der Waals surface area contributed by atoms with Gasteiger partial charge < -0.3 is 14.7 Å². The third kappa shape index (κ3) is 6.78. The summed E-state index contributed by atoms with van der Waals surface area (Å²) in [5.41, 5.74) is 3.20. The van der Waals surface area contributed by atoms with Crippen LogP contribution < -0.4 is 0 Å². The molecule has 0 aliphatic rings. The van der Waals surface area contributed by atoms with Crippen LogP contribution in [0.15, 0.2) is 91.0 Å². The number of likely N-dealkylation sites (N-methyl/N-ethyl adjacent to an activating group) is 3. The topological polar surface area (TPSA) is 26.8 Å². The molecule has 0 saturated heterocycles. The van der Waals surface area contributed by atoms with Crippen molar-refractivity contribution < 1.29 is 4.79 Å². The van der Waals surface area contributed by atoms with E-state index >= 15 is 0 Å². The summed E-state index contributed by atoms with van der Waals surface area (Å²) < 4.78 is 0. The van der Waals surface area contributed by atoms with Gasteiger partial charge in [-0.2, -0.15) is 0 Å². The Bertz CT molecular complexity index is 934. The van der Waals surface area contributed by atoms with Gasteiger partial charge in [0.05, 0.1) is 12.0 Å². The van der Waals surface area contributed by atoms with Gasteiger partial charge in [0.1, 0.15) is 0 Å². The molecule has 0 bridgehead atoms. The normalized spacial score (nSPS) is 12.3. The molecule has 180 valence electrons. The maximum absolute atomic E-state index is 14.1. The van der Waals surface area contributed by atoms with E-state index in [9.17, 15) is 4.79 Å². The van der Waals surface area contributed by atoms with Gasteiger partial charge in [-0.05, 0) is 36.8 Å². The van der Waals surface area contributed by atoms with Crippen LogP contribution in [0.4, 0.5) is 0 Å². The molecule has 1 amide bonds. The molecule has 3 aromatic rings. The highest BCUT2D eigenvalue weighted by atomic mass is 16.2. The Labute approximate surface area is 205 Å². The second kappa shape index (κ2) is 13.1. The minimum Gasteiger partial charge on any atom is -0.337 e. The van der Waals surface area contributed by atoms with Crippen LogP contribution >= 0.6 is 0 Å². The van der Waals surface area contributed by atoms with Crippen LogP contribution in [0, 0.1) is 0 Å². The van der Waals surface area contributed by atoms with Crippen molar-refractivity contribution in [3.8, 4) is 0 Å². The monoisotopic (exact) mass is 457 g/mol. The van der Waals surface area contributed by atoms with Gasteiger partial charge in [0.2, 0.25) is 5.91 Å². The predicted molar refractivity (Wildman–Crippen MR) is 142 cm³/mol. The number of nitrogens with zero attached hydrogens (tertiary/aromatic N) is 3. The van der Waals surface area contributed by atoms with E-state index in [-0.39, 0.29) is 17.9 Å². The van der Waals surface area contributed by atoms with Gasteiger partial charge in [0.25, 0.3) is 0 Å². The highest BCUT2D eigenvalue weighted by molar-refractivity contribution is 5.87. The van der Waals surface area contributed by atoms with Crippen molar-refractivity contribution in [1.82, 2.24) is 14.7 Å². The Kier molecular flexibility index (Phi) is 9.87. The molecule has 0 saturated carbocycles. The molecule has 0 heterocycles. The minimum atomic E-state index is -0.334. The molecule has 3 aromatic carbocycles. The zero-order valence-electron chi connectivity index (χ0n) is 21.1. The lowest BCUT2D eigenvalue weighted by molar-refractivity contribution is -0.133. The quantitative estimate of drug-likeness (QED) is 0.370. The highest BCUT2D eigenvalue weighted by Crippen LogP contribution is 2.30. The molecule has 0 aliphatic carbocycles. The smallest absolute Gasteiger partial charge is 0.234 e. The van der Waals surface area contributed by atoms with Crippen LogP contribution in [0.3, 0.4) is 0 Å². The molecule has 0 fully saturated rings. The molecule has 0 aliphatic heterocycles. The molecular weight excluding hydrogens is 418 g/mol. The standard InChI is InChI=1S/C30H39N3O/c1-5-33(6-2)23-22-31(3)24-28(25-16-10-7-11-17-25)32(4)30(34)29(26-18-12-8-13-19-26)27-20-14-9-15-21-27/h7-21,28-29H,5-6,22-24H2,1-4H3/t28-/m1/s1. The van der Waals surface area contributed by atoms with Crippen LogP contribution in [-0.4, -0.2) is 67.4 Å². The van der Waals surface area contributed by atoms with Crippen molar-refractivity contribution in [2.24, 2.45) is 0 Å². The fourth-order valence-electron chi connectivity index (χ4n) is 4.49. The number of benzene rings is 3. The largest absolute Gasteiger partial charge is 0.337 e. The lowest BCUT2D eigenvalue weighted by Crippen LogP contribution is -2.42. The van der Waals surface area contributed by atoms with E-state index in [4.69, 9.17) is 0 Å². The number of carbonyl (C=O) groups is 1. The van der Waals surface area contributed by atoms with Crippen LogP contribution in [0.25, 0.3) is 0 Å². The highest BCUT2D eigenvalue weighted by Gasteiger charge is 2.30. The van der Waals surface area contributed by atoms with Gasteiger partial charge in [-0.25, -0.2) is 0 Å². The summed E-state index contributed by atoms with van der Waals surface area (Å²) in [6.07, 6.45) is 0. The maximum atomic E-state index is 14.1. The second-order valence-corrected chi connectivity index (χ2v) is 8.92. The first-order valence-electron chi connectivity index (χ1n) is 12.4. The Morgan fingerprint density at radius 1 is 0.676 bits per heavy atom. The lowest BCUT2D eigenvalue weighted by atomic mass is 9.89. The third-order valence-electron chi connectivity index (χ3n) is 6.69. The van der Waals surface area contributed by atoms with Gasteiger partial charge >= 0.3 is 0 Å². The van der Waals surface area contributed by atoms with E-state index in [1.807, 2.05) is 54.4 Å². The molecule has 0 N–H and O–H groups in total. The van der Waals surface area contributed by atoms with Crippen LogP contribution in [0.2, 0.25) is 0 Å². The first-order chi connectivity index (χ1) is 16.5. The van der Waals surface area contributed by atoms with Crippen molar-refractivity contribution in [3.63, 3.8) is 0 Å². The Morgan fingerprint density at radius 2 is 1.12 bits per heavy atom. The van der Waals surface area contributed by atoms with E-state index in [2.05, 4.69) is 79.2 Å². The van der Waals surface area contributed by atoms with Gasteiger partial charge in [-0.1, -0.05) is 105 Å². The fourth-order valence-corrected chi connectivity index (χ4v) is 4.49. The van der Waals surface area contributed by atoms with Crippen molar-refractivity contribution in [1.29, 1.82) is 0 Å². The number of carbonyl (C=O) groups excluding carboxylic acids is 1. The molecule has 0 spiro atoms.